The van der Waals surface area contributed by atoms with Crippen molar-refractivity contribution in [2.75, 3.05) is 5.73 Å². The number of hydrogen-bond acceptors (Lipinski definition) is 6. The Morgan fingerprint density at radius 2 is 2.33 bits per heavy atom. The van der Waals surface area contributed by atoms with Crippen LogP contribution in [0.3, 0.4) is 0 Å². The van der Waals surface area contributed by atoms with Gasteiger partial charge in [0.1, 0.15) is 0 Å². The van der Waals surface area contributed by atoms with Crippen molar-refractivity contribution in [2.24, 2.45) is 0 Å². The van der Waals surface area contributed by atoms with E-state index in [0.29, 0.717) is 5.84 Å². The van der Waals surface area contributed by atoms with Gasteiger partial charge in [0.05, 0.1) is 12.4 Å². The van der Waals surface area contributed by atoms with E-state index in [2.05, 4.69) is 14.7 Å². The summed E-state index contributed by atoms with van der Waals surface area (Å²) in [5, 5.41) is 12.6. The van der Waals surface area contributed by atoms with Crippen LogP contribution in [0.25, 0.3) is 17.3 Å². The Morgan fingerprint density at radius 1 is 1.56 bits per heavy atom. The van der Waals surface area contributed by atoms with Crippen LogP contribution < -0.4 is 5.73 Å². The fourth-order valence-electron chi connectivity index (χ4n) is 1.69. The molecule has 0 radical (unpaired) electrons. The van der Waals surface area contributed by atoms with Gasteiger partial charge in [0.15, 0.2) is 17.0 Å². The molecule has 3 aromatic rings. The van der Waals surface area contributed by atoms with E-state index < -0.39 is 5.97 Å². The second kappa shape index (κ2) is 3.36. The number of carbonyl (C=O) groups is 1. The predicted molar refractivity (Wildman–Crippen MR) is 59.1 cm³/mol. The topological polar surface area (TPSA) is 120 Å². The lowest BCUT2D eigenvalue weighted by Crippen LogP contribution is -2.00. The molecule has 0 atom stereocenters. The van der Waals surface area contributed by atoms with Crippen molar-refractivity contribution in [1.29, 1.82) is 0 Å². The Hall–Kier alpha value is -2.77. The Balaban J connectivity index is 2.22. The molecule has 0 bridgehead atoms. The molecular formula is C10H8N4O4. The van der Waals surface area contributed by atoms with E-state index >= 15 is 0 Å². The number of nitrogens with zero attached hydrogens (tertiary/aromatic N) is 3. The van der Waals surface area contributed by atoms with Gasteiger partial charge in [-0.25, -0.2) is 9.78 Å². The van der Waals surface area contributed by atoms with Crippen LogP contribution in [0, 0.1) is 6.92 Å². The van der Waals surface area contributed by atoms with Crippen LogP contribution in [0.4, 0.5) is 5.88 Å². The SMILES string of the molecule is Cc1cnc2oc(-c3noc(N)c3C(=O)O)cn12. The number of hydrogen-bond donors (Lipinski definition) is 2. The molecule has 8 nitrogen and oxygen atoms in total. The third-order valence-electron chi connectivity index (χ3n) is 2.56. The number of carboxylic acid groups (broad SMARTS) is 1. The summed E-state index contributed by atoms with van der Waals surface area (Å²) >= 11 is 0. The maximum atomic E-state index is 11.1. The molecule has 3 rings (SSSR count). The van der Waals surface area contributed by atoms with Crippen LogP contribution in [0.1, 0.15) is 16.1 Å². The Kier molecular flexibility index (Phi) is 1.94. The van der Waals surface area contributed by atoms with Gasteiger partial charge in [-0.1, -0.05) is 5.16 Å². The Bertz CT molecular complexity index is 751. The molecule has 0 unspecified atom stereocenters. The highest BCUT2D eigenvalue weighted by molar-refractivity contribution is 5.98. The van der Waals surface area contributed by atoms with Crippen LogP contribution in [0.2, 0.25) is 0 Å². The Morgan fingerprint density at radius 3 is 3.00 bits per heavy atom. The third kappa shape index (κ3) is 1.29. The van der Waals surface area contributed by atoms with Crippen molar-refractivity contribution < 1.29 is 18.8 Å². The van der Waals surface area contributed by atoms with E-state index in [1.165, 1.54) is 0 Å². The number of imidazole rings is 1. The lowest BCUT2D eigenvalue weighted by Gasteiger charge is -1.91. The van der Waals surface area contributed by atoms with Crippen molar-refractivity contribution in [1.82, 2.24) is 14.5 Å². The van der Waals surface area contributed by atoms with Gasteiger partial charge in [-0.15, -0.1) is 0 Å². The number of fused-ring (bicyclic) bond motifs is 1. The predicted octanol–water partition coefficient (Wildman–Crippen LogP) is 1.17. The normalized spacial score (nSPS) is 11.2. The number of nitrogen functional groups attached to an aromatic ring is 1. The standard InChI is InChI=1S/C10H8N4O4/c1-4-2-12-10-14(4)3-5(17-10)7-6(9(15)16)8(11)18-13-7/h2-3H,11H2,1H3,(H,15,16). The van der Waals surface area contributed by atoms with Gasteiger partial charge in [-0.3, -0.25) is 4.40 Å². The van der Waals surface area contributed by atoms with E-state index in [-0.39, 0.29) is 22.9 Å². The maximum Gasteiger partial charge on any atom is 0.343 e. The first-order chi connectivity index (χ1) is 8.58. The largest absolute Gasteiger partial charge is 0.477 e. The van der Waals surface area contributed by atoms with Gasteiger partial charge in [-0.05, 0) is 6.92 Å². The number of rotatable bonds is 2. The van der Waals surface area contributed by atoms with Crippen LogP contribution >= 0.6 is 0 Å². The molecule has 92 valence electrons. The van der Waals surface area contributed by atoms with Crippen LogP contribution in [-0.4, -0.2) is 25.6 Å². The average molecular weight is 248 g/mol. The molecule has 0 saturated heterocycles. The van der Waals surface area contributed by atoms with Crippen molar-refractivity contribution in [3.63, 3.8) is 0 Å². The highest BCUT2D eigenvalue weighted by atomic mass is 16.5. The summed E-state index contributed by atoms with van der Waals surface area (Å²) in [7, 11) is 0. The fourth-order valence-corrected chi connectivity index (χ4v) is 1.69. The number of aryl methyl sites for hydroxylation is 1. The van der Waals surface area contributed by atoms with Gasteiger partial charge in [-0.2, -0.15) is 0 Å². The second-order valence-electron chi connectivity index (χ2n) is 3.72. The first-order valence-corrected chi connectivity index (χ1v) is 5.00. The summed E-state index contributed by atoms with van der Waals surface area (Å²) in [6.45, 7) is 1.84. The van der Waals surface area contributed by atoms with Crippen molar-refractivity contribution >= 4 is 17.7 Å². The third-order valence-corrected chi connectivity index (χ3v) is 2.56. The highest BCUT2D eigenvalue weighted by Crippen LogP contribution is 2.28. The molecular weight excluding hydrogens is 240 g/mol. The summed E-state index contributed by atoms with van der Waals surface area (Å²) in [4.78, 5) is 15.1. The zero-order valence-corrected chi connectivity index (χ0v) is 9.25. The first kappa shape index (κ1) is 10.4. The van der Waals surface area contributed by atoms with Crippen molar-refractivity contribution in [2.45, 2.75) is 6.92 Å². The number of anilines is 1. The number of aromatic carboxylic acids is 1. The summed E-state index contributed by atoms with van der Waals surface area (Å²) in [6.07, 6.45) is 3.22. The van der Waals surface area contributed by atoms with Crippen LogP contribution in [0.5, 0.6) is 0 Å². The molecule has 3 N–H and O–H groups in total. The molecule has 0 aromatic carbocycles. The van der Waals surface area contributed by atoms with Crippen molar-refractivity contribution in [3.05, 3.63) is 23.7 Å². The summed E-state index contributed by atoms with van der Waals surface area (Å²) in [5.74, 6) is -0.905. The van der Waals surface area contributed by atoms with E-state index in [1.54, 1.807) is 16.8 Å². The number of aromatic nitrogens is 3. The van der Waals surface area contributed by atoms with E-state index in [0.717, 1.165) is 5.69 Å². The smallest absolute Gasteiger partial charge is 0.343 e. The quantitative estimate of drug-likeness (QED) is 0.698. The maximum absolute atomic E-state index is 11.1. The number of carboxylic acids is 1. The molecule has 8 heteroatoms. The van der Waals surface area contributed by atoms with Gasteiger partial charge < -0.3 is 19.8 Å². The fraction of sp³-hybridized carbons (Fsp3) is 0.100. The van der Waals surface area contributed by atoms with E-state index in [9.17, 15) is 4.79 Å². The molecule has 0 fully saturated rings. The molecule has 0 saturated carbocycles. The molecule has 0 spiro atoms. The average Bonchev–Trinajstić information content (AvgIpc) is 2.94. The minimum Gasteiger partial charge on any atom is -0.477 e. The van der Waals surface area contributed by atoms with Gasteiger partial charge in [0.2, 0.25) is 5.88 Å². The van der Waals surface area contributed by atoms with E-state index in [4.69, 9.17) is 15.3 Å². The van der Waals surface area contributed by atoms with Gasteiger partial charge >= 0.3 is 11.8 Å². The molecule has 0 amide bonds. The minimum atomic E-state index is -1.23. The molecule has 3 heterocycles. The zero-order chi connectivity index (χ0) is 12.9. The van der Waals surface area contributed by atoms with Crippen LogP contribution in [0.15, 0.2) is 21.3 Å². The monoisotopic (exact) mass is 248 g/mol. The molecule has 18 heavy (non-hydrogen) atoms. The van der Waals surface area contributed by atoms with Crippen molar-refractivity contribution in [3.8, 4) is 11.5 Å². The van der Waals surface area contributed by atoms with Crippen LogP contribution in [-0.2, 0) is 0 Å². The lowest BCUT2D eigenvalue weighted by molar-refractivity contribution is 0.0698. The number of nitrogens with two attached hydrogens (primary N) is 1. The molecule has 0 aliphatic rings. The van der Waals surface area contributed by atoms with E-state index in [1.807, 2.05) is 6.92 Å². The lowest BCUT2D eigenvalue weighted by atomic mass is 10.2. The summed E-state index contributed by atoms with van der Waals surface area (Å²) < 4.78 is 11.7. The Labute approximate surface area is 99.6 Å². The second-order valence-corrected chi connectivity index (χ2v) is 3.72. The molecule has 0 aliphatic carbocycles. The first-order valence-electron chi connectivity index (χ1n) is 5.00. The van der Waals surface area contributed by atoms with Gasteiger partial charge in [0.25, 0.3) is 0 Å². The van der Waals surface area contributed by atoms with Gasteiger partial charge in [0, 0.05) is 5.69 Å². The summed E-state index contributed by atoms with van der Waals surface area (Å²) in [5.41, 5.74) is 6.09. The highest BCUT2D eigenvalue weighted by Gasteiger charge is 2.25. The molecule has 0 aliphatic heterocycles. The molecule has 3 aromatic heterocycles. The summed E-state index contributed by atoms with van der Waals surface area (Å²) in [6, 6.07) is 0. The minimum absolute atomic E-state index is 0.0462. The number of oxazole rings is 1. The zero-order valence-electron chi connectivity index (χ0n) is 9.25.